The van der Waals surface area contributed by atoms with E-state index in [0.29, 0.717) is 60.3 Å². The van der Waals surface area contributed by atoms with Crippen LogP contribution in [0.4, 0.5) is 0 Å². The molecule has 192 valence electrons. The number of ether oxygens (including phenoxy) is 3. The minimum Gasteiger partial charge on any atom is -0.486 e. The highest BCUT2D eigenvalue weighted by Crippen LogP contribution is 2.43. The summed E-state index contributed by atoms with van der Waals surface area (Å²) in [6.07, 6.45) is 0.109. The first-order valence-electron chi connectivity index (χ1n) is 12.8. The van der Waals surface area contributed by atoms with E-state index in [2.05, 4.69) is 10.2 Å². The van der Waals surface area contributed by atoms with Gasteiger partial charge in [0.1, 0.15) is 19.8 Å². The monoisotopic (exact) mass is 504 g/mol. The zero-order valence-electron chi connectivity index (χ0n) is 20.6. The molecule has 1 fully saturated rings. The fourth-order valence-electron chi connectivity index (χ4n) is 5.97. The van der Waals surface area contributed by atoms with Crippen molar-refractivity contribution in [2.45, 2.75) is 38.6 Å². The maximum absolute atomic E-state index is 13.7. The topological polar surface area (TPSA) is 115 Å². The van der Waals surface area contributed by atoms with Crippen molar-refractivity contribution in [3.8, 4) is 22.9 Å². The number of piperazine rings is 1. The van der Waals surface area contributed by atoms with Crippen LogP contribution in [-0.4, -0.2) is 64.9 Å². The first-order chi connectivity index (χ1) is 18.0. The van der Waals surface area contributed by atoms with Crippen LogP contribution in [-0.2, 0) is 34.8 Å². The van der Waals surface area contributed by atoms with E-state index in [0.717, 1.165) is 48.2 Å². The molecule has 2 aromatic heterocycles. The summed E-state index contributed by atoms with van der Waals surface area (Å²) in [4.78, 5) is 33.6. The highest BCUT2D eigenvalue weighted by molar-refractivity contribution is 5.91. The predicted molar refractivity (Wildman–Crippen MR) is 134 cm³/mol. The highest BCUT2D eigenvalue weighted by atomic mass is 16.6. The number of aliphatic hydroxyl groups is 1. The normalized spacial score (nSPS) is 22.4. The maximum Gasteiger partial charge on any atom is 0.343 e. The largest absolute Gasteiger partial charge is 0.486 e. The van der Waals surface area contributed by atoms with E-state index >= 15 is 0 Å². The average molecular weight is 505 g/mol. The van der Waals surface area contributed by atoms with Crippen molar-refractivity contribution in [2.24, 2.45) is 0 Å². The lowest BCUT2D eigenvalue weighted by Crippen LogP contribution is -2.44. The fourth-order valence-corrected chi connectivity index (χ4v) is 5.97. The van der Waals surface area contributed by atoms with E-state index in [9.17, 15) is 14.7 Å². The molecule has 3 aromatic rings. The highest BCUT2D eigenvalue weighted by Gasteiger charge is 2.45. The summed E-state index contributed by atoms with van der Waals surface area (Å²) in [5, 5.41) is 15.6. The third-order valence-corrected chi connectivity index (χ3v) is 8.06. The molecule has 37 heavy (non-hydrogen) atoms. The Hall–Kier alpha value is -3.47. The van der Waals surface area contributed by atoms with E-state index in [1.54, 1.807) is 17.6 Å². The minimum absolute atomic E-state index is 0.109. The summed E-state index contributed by atoms with van der Waals surface area (Å²) in [6.45, 7) is 7.32. The van der Waals surface area contributed by atoms with Gasteiger partial charge in [0.15, 0.2) is 17.1 Å². The Bertz CT molecular complexity index is 1530. The maximum atomic E-state index is 13.7. The van der Waals surface area contributed by atoms with Crippen LogP contribution in [0.1, 0.15) is 35.6 Å². The number of benzene rings is 1. The summed E-state index contributed by atoms with van der Waals surface area (Å²) >= 11 is 0. The Morgan fingerprint density at radius 2 is 1.81 bits per heavy atom. The van der Waals surface area contributed by atoms with E-state index in [1.807, 2.05) is 12.1 Å². The molecule has 7 rings (SSSR count). The summed E-state index contributed by atoms with van der Waals surface area (Å²) in [5.41, 5.74) is 2.70. The molecular formula is C27H28N4O6. The molecule has 1 unspecified atom stereocenters. The van der Waals surface area contributed by atoms with Gasteiger partial charge in [-0.2, -0.15) is 0 Å². The molecule has 0 amide bonds. The molecule has 0 aliphatic carbocycles. The molecule has 1 aromatic carbocycles. The van der Waals surface area contributed by atoms with E-state index in [1.165, 1.54) is 0 Å². The number of hydrogen-bond acceptors (Lipinski definition) is 9. The second-order valence-electron chi connectivity index (χ2n) is 10.1. The summed E-state index contributed by atoms with van der Waals surface area (Å²) < 4.78 is 18.6. The predicted octanol–water partition coefficient (Wildman–Crippen LogP) is 1.26. The van der Waals surface area contributed by atoms with E-state index in [4.69, 9.17) is 19.2 Å². The Morgan fingerprint density at radius 1 is 1.05 bits per heavy atom. The van der Waals surface area contributed by atoms with Crippen LogP contribution < -0.4 is 20.3 Å². The molecule has 10 heteroatoms. The van der Waals surface area contributed by atoms with Gasteiger partial charge in [-0.05, 0) is 24.1 Å². The van der Waals surface area contributed by atoms with Gasteiger partial charge >= 0.3 is 5.97 Å². The number of carbonyl (C=O) groups is 1. The molecule has 4 aliphatic rings. The standard InChI is InChI=1S/C27H28N4O6/c1-2-27(34)19-10-21-24-17(13-31(21)25(32)18(19)14-37-26(27)33)16(12-30-5-3-28-4-6-30)15-9-22-23(11-20(15)29-24)36-8-7-35-22/h9-11,28,34H,2-8,12-14H2,1H3. The average Bonchev–Trinajstić information content (AvgIpc) is 3.29. The van der Waals surface area contributed by atoms with Crippen molar-refractivity contribution in [1.29, 1.82) is 0 Å². The molecular weight excluding hydrogens is 476 g/mol. The Morgan fingerprint density at radius 3 is 2.57 bits per heavy atom. The molecule has 0 radical (unpaired) electrons. The third kappa shape index (κ3) is 3.32. The third-order valence-electron chi connectivity index (χ3n) is 8.06. The SMILES string of the molecule is CCC1(O)C(=O)OCc2c1cc1n(c2=O)Cc2c-1nc1cc3c(cc1c2CN1CCNCC1)OCCO3. The van der Waals surface area contributed by atoms with Gasteiger partial charge in [-0.25, -0.2) is 9.78 Å². The van der Waals surface area contributed by atoms with E-state index < -0.39 is 11.6 Å². The number of aromatic nitrogens is 2. The van der Waals surface area contributed by atoms with Crippen LogP contribution in [0.5, 0.6) is 11.5 Å². The molecule has 1 atom stereocenters. The molecule has 1 saturated heterocycles. The summed E-state index contributed by atoms with van der Waals surface area (Å²) in [6, 6.07) is 5.68. The lowest BCUT2D eigenvalue weighted by Gasteiger charge is -2.31. The zero-order valence-corrected chi connectivity index (χ0v) is 20.6. The van der Waals surface area contributed by atoms with Crippen molar-refractivity contribution in [1.82, 2.24) is 19.8 Å². The molecule has 4 aliphatic heterocycles. The summed E-state index contributed by atoms with van der Waals surface area (Å²) in [5.74, 6) is 0.636. The Labute approximate surface area is 212 Å². The second-order valence-corrected chi connectivity index (χ2v) is 10.1. The zero-order chi connectivity index (χ0) is 25.3. The van der Waals surface area contributed by atoms with Crippen LogP contribution in [0, 0.1) is 0 Å². The number of fused-ring (bicyclic) bond motifs is 6. The second kappa shape index (κ2) is 8.27. The number of carbonyl (C=O) groups excluding carboxylic acids is 1. The van der Waals surface area contributed by atoms with Gasteiger partial charge in [0.2, 0.25) is 0 Å². The molecule has 6 heterocycles. The first kappa shape index (κ1) is 22.7. The van der Waals surface area contributed by atoms with Gasteiger partial charge in [0.25, 0.3) is 5.56 Å². The van der Waals surface area contributed by atoms with Crippen LogP contribution in [0.15, 0.2) is 23.0 Å². The van der Waals surface area contributed by atoms with Crippen LogP contribution >= 0.6 is 0 Å². The number of nitrogens with zero attached hydrogens (tertiary/aromatic N) is 3. The molecule has 0 bridgehead atoms. The number of cyclic esters (lactones) is 1. The van der Waals surface area contributed by atoms with Gasteiger partial charge < -0.3 is 29.2 Å². The van der Waals surface area contributed by atoms with Crippen molar-refractivity contribution in [2.75, 3.05) is 39.4 Å². The Balaban J connectivity index is 1.46. The quantitative estimate of drug-likeness (QED) is 0.398. The van der Waals surface area contributed by atoms with Crippen molar-refractivity contribution >= 4 is 16.9 Å². The number of pyridine rings is 2. The van der Waals surface area contributed by atoms with Crippen molar-refractivity contribution in [3.05, 3.63) is 50.8 Å². The lowest BCUT2D eigenvalue weighted by molar-refractivity contribution is -0.172. The summed E-state index contributed by atoms with van der Waals surface area (Å²) in [7, 11) is 0. The van der Waals surface area contributed by atoms with Crippen LogP contribution in [0.3, 0.4) is 0 Å². The van der Waals surface area contributed by atoms with Gasteiger partial charge in [-0.3, -0.25) is 9.69 Å². The van der Waals surface area contributed by atoms with Crippen molar-refractivity contribution in [3.63, 3.8) is 0 Å². The molecule has 0 spiro atoms. The number of esters is 1. The van der Waals surface area contributed by atoms with Gasteiger partial charge in [0, 0.05) is 55.3 Å². The first-order valence-corrected chi connectivity index (χ1v) is 12.8. The molecule has 10 nitrogen and oxygen atoms in total. The number of rotatable bonds is 3. The minimum atomic E-state index is -1.85. The lowest BCUT2D eigenvalue weighted by atomic mass is 9.86. The van der Waals surface area contributed by atoms with Gasteiger partial charge in [-0.1, -0.05) is 6.92 Å². The Kier molecular flexibility index (Phi) is 5.08. The van der Waals surface area contributed by atoms with Gasteiger partial charge in [0.05, 0.1) is 29.0 Å². The van der Waals surface area contributed by atoms with E-state index in [-0.39, 0.29) is 18.6 Å². The number of hydrogen-bond donors (Lipinski definition) is 2. The fraction of sp³-hybridized carbons (Fsp3) is 0.444. The van der Waals surface area contributed by atoms with Gasteiger partial charge in [-0.15, -0.1) is 0 Å². The molecule has 2 N–H and O–H groups in total. The van der Waals surface area contributed by atoms with Crippen LogP contribution in [0.25, 0.3) is 22.3 Å². The molecule has 0 saturated carbocycles. The smallest absolute Gasteiger partial charge is 0.343 e. The number of nitrogens with one attached hydrogen (secondary N) is 1. The van der Waals surface area contributed by atoms with Crippen LogP contribution in [0.2, 0.25) is 0 Å². The van der Waals surface area contributed by atoms with Crippen molar-refractivity contribution < 1.29 is 24.1 Å².